The Morgan fingerprint density at radius 1 is 1.24 bits per heavy atom. The molecule has 7 heteroatoms. The number of halogens is 1. The van der Waals surface area contributed by atoms with E-state index in [0.717, 1.165) is 0 Å². The highest BCUT2D eigenvalue weighted by Gasteiger charge is 2.22. The van der Waals surface area contributed by atoms with Gasteiger partial charge in [-0.3, -0.25) is 4.79 Å². The second-order valence-corrected chi connectivity index (χ2v) is 6.59. The van der Waals surface area contributed by atoms with Crippen molar-refractivity contribution in [2.75, 3.05) is 5.32 Å². The summed E-state index contributed by atoms with van der Waals surface area (Å²) in [4.78, 5) is 28.6. The third kappa shape index (κ3) is 5.03. The van der Waals surface area contributed by atoms with Crippen molar-refractivity contribution in [3.05, 3.63) is 58.4 Å². The molecule has 0 aliphatic rings. The number of nitrogens with one attached hydrogen (secondary N) is 1. The summed E-state index contributed by atoms with van der Waals surface area (Å²) in [6, 6.07) is 9.33. The lowest BCUT2D eigenvalue weighted by molar-refractivity contribution is 0.00707. The number of hydrogen-bond donors (Lipinski definition) is 1. The zero-order valence-electron chi connectivity index (χ0n) is 14.0. The number of ether oxygens (including phenoxy) is 1. The van der Waals surface area contributed by atoms with Crippen molar-refractivity contribution in [2.45, 2.75) is 26.4 Å². The highest BCUT2D eigenvalue weighted by molar-refractivity contribution is 6.29. The second-order valence-electron chi connectivity index (χ2n) is 6.20. The van der Waals surface area contributed by atoms with Crippen LogP contribution in [0.3, 0.4) is 0 Å². The van der Waals surface area contributed by atoms with Crippen LogP contribution in [0.15, 0.2) is 36.5 Å². The van der Waals surface area contributed by atoms with Crippen LogP contribution in [0.5, 0.6) is 0 Å². The van der Waals surface area contributed by atoms with E-state index in [9.17, 15) is 9.59 Å². The zero-order chi connectivity index (χ0) is 18.6. The van der Waals surface area contributed by atoms with Crippen molar-refractivity contribution in [3.8, 4) is 6.07 Å². The van der Waals surface area contributed by atoms with Crippen LogP contribution in [0.4, 0.5) is 5.69 Å². The number of benzene rings is 1. The van der Waals surface area contributed by atoms with Crippen molar-refractivity contribution < 1.29 is 14.3 Å². The van der Waals surface area contributed by atoms with Gasteiger partial charge < -0.3 is 10.1 Å². The first-order chi connectivity index (χ1) is 11.7. The van der Waals surface area contributed by atoms with Gasteiger partial charge in [-0.1, -0.05) is 11.6 Å². The Morgan fingerprint density at radius 3 is 2.52 bits per heavy atom. The Kier molecular flexibility index (Phi) is 5.40. The fourth-order valence-corrected chi connectivity index (χ4v) is 2.04. The molecule has 1 N–H and O–H groups in total. The summed E-state index contributed by atoms with van der Waals surface area (Å²) < 4.78 is 5.34. The molecule has 1 aromatic heterocycles. The highest BCUT2D eigenvalue weighted by atomic mass is 35.5. The minimum atomic E-state index is -0.707. The Balaban J connectivity index is 2.33. The predicted molar refractivity (Wildman–Crippen MR) is 93.5 cm³/mol. The average molecular weight is 358 g/mol. The van der Waals surface area contributed by atoms with Gasteiger partial charge in [0.15, 0.2) is 0 Å². The maximum atomic E-state index is 12.4. The van der Waals surface area contributed by atoms with Crippen LogP contribution in [0, 0.1) is 11.3 Å². The smallest absolute Gasteiger partial charge is 0.340 e. The first-order valence-electron chi connectivity index (χ1n) is 7.40. The molecule has 1 aromatic carbocycles. The normalized spacial score (nSPS) is 10.7. The van der Waals surface area contributed by atoms with Gasteiger partial charge in [-0.15, -0.1) is 0 Å². The van der Waals surface area contributed by atoms with Crippen molar-refractivity contribution in [1.82, 2.24) is 4.98 Å². The van der Waals surface area contributed by atoms with Gasteiger partial charge in [0.25, 0.3) is 5.91 Å². The van der Waals surface area contributed by atoms with E-state index >= 15 is 0 Å². The Hall–Kier alpha value is -2.91. The van der Waals surface area contributed by atoms with Crippen LogP contribution in [-0.2, 0) is 4.74 Å². The van der Waals surface area contributed by atoms with Gasteiger partial charge in [-0.05, 0) is 51.1 Å². The number of aromatic nitrogens is 1. The number of rotatable bonds is 3. The number of hydrogen-bond acceptors (Lipinski definition) is 5. The van der Waals surface area contributed by atoms with Crippen LogP contribution in [-0.4, -0.2) is 22.5 Å². The summed E-state index contributed by atoms with van der Waals surface area (Å²) >= 11 is 5.70. The van der Waals surface area contributed by atoms with Crippen LogP contribution in [0.25, 0.3) is 0 Å². The minimum absolute atomic E-state index is 0.101. The number of nitriles is 1. The second kappa shape index (κ2) is 7.32. The van der Waals surface area contributed by atoms with Crippen LogP contribution in [0.2, 0.25) is 5.15 Å². The lowest BCUT2D eigenvalue weighted by Gasteiger charge is -2.20. The van der Waals surface area contributed by atoms with E-state index in [1.165, 1.54) is 36.5 Å². The quantitative estimate of drug-likeness (QED) is 0.666. The third-order valence-electron chi connectivity index (χ3n) is 3.01. The van der Waals surface area contributed by atoms with Gasteiger partial charge in [0, 0.05) is 6.20 Å². The molecular weight excluding hydrogens is 342 g/mol. The number of esters is 1. The zero-order valence-corrected chi connectivity index (χ0v) is 14.7. The number of amides is 1. The van der Waals surface area contributed by atoms with Crippen LogP contribution < -0.4 is 5.32 Å². The highest BCUT2D eigenvalue weighted by Crippen LogP contribution is 2.22. The largest absolute Gasteiger partial charge is 0.456 e. The lowest BCUT2D eigenvalue weighted by Crippen LogP contribution is -2.25. The van der Waals surface area contributed by atoms with E-state index in [1.54, 1.807) is 20.8 Å². The fourth-order valence-electron chi connectivity index (χ4n) is 1.93. The van der Waals surface area contributed by atoms with E-state index in [4.69, 9.17) is 21.6 Å². The van der Waals surface area contributed by atoms with Crippen LogP contribution >= 0.6 is 11.6 Å². The molecule has 0 bridgehead atoms. The molecule has 1 amide bonds. The van der Waals surface area contributed by atoms with Crippen molar-refractivity contribution >= 4 is 29.2 Å². The maximum Gasteiger partial charge on any atom is 0.340 e. The first kappa shape index (κ1) is 18.4. The molecular formula is C18H16ClN3O3. The van der Waals surface area contributed by atoms with Crippen LogP contribution in [0.1, 0.15) is 47.1 Å². The summed E-state index contributed by atoms with van der Waals surface area (Å²) in [6.45, 7) is 5.20. The summed E-state index contributed by atoms with van der Waals surface area (Å²) in [5.74, 6) is -1.09. The van der Waals surface area contributed by atoms with E-state index in [0.29, 0.717) is 0 Å². The number of nitrogens with zero attached hydrogens (tertiary/aromatic N) is 2. The molecule has 25 heavy (non-hydrogen) atoms. The predicted octanol–water partition coefficient (Wildman–Crippen LogP) is 3.81. The number of anilines is 1. The Bertz CT molecular complexity index is 849. The molecule has 0 radical (unpaired) electrons. The molecule has 2 aromatic rings. The van der Waals surface area contributed by atoms with Gasteiger partial charge in [-0.25, -0.2) is 9.78 Å². The molecule has 0 atom stereocenters. The average Bonchev–Trinajstić information content (AvgIpc) is 2.54. The van der Waals surface area contributed by atoms with E-state index in [1.807, 2.05) is 6.07 Å². The summed E-state index contributed by atoms with van der Waals surface area (Å²) in [7, 11) is 0. The van der Waals surface area contributed by atoms with E-state index in [2.05, 4.69) is 10.3 Å². The topological polar surface area (TPSA) is 92.1 Å². The van der Waals surface area contributed by atoms with E-state index < -0.39 is 17.5 Å². The molecule has 0 spiro atoms. The van der Waals surface area contributed by atoms with E-state index in [-0.39, 0.29) is 27.5 Å². The fraction of sp³-hybridized carbons (Fsp3) is 0.222. The lowest BCUT2D eigenvalue weighted by atomic mass is 10.1. The molecule has 0 saturated heterocycles. The molecule has 0 fully saturated rings. The summed E-state index contributed by atoms with van der Waals surface area (Å²) in [6.07, 6.45) is 1.33. The number of carbonyl (C=O) groups is 2. The summed E-state index contributed by atoms with van der Waals surface area (Å²) in [5.41, 5.74) is 0.203. The Morgan fingerprint density at radius 2 is 1.96 bits per heavy atom. The number of pyridine rings is 1. The van der Waals surface area contributed by atoms with Gasteiger partial charge in [0.2, 0.25) is 0 Å². The third-order valence-corrected chi connectivity index (χ3v) is 3.23. The molecule has 1 heterocycles. The molecule has 0 aliphatic carbocycles. The van der Waals surface area contributed by atoms with Gasteiger partial charge in [0.05, 0.1) is 28.4 Å². The monoisotopic (exact) mass is 357 g/mol. The van der Waals surface area contributed by atoms with Gasteiger partial charge >= 0.3 is 5.97 Å². The molecule has 2 rings (SSSR count). The summed E-state index contributed by atoms with van der Waals surface area (Å²) in [5, 5.41) is 11.9. The number of carbonyl (C=O) groups excluding carboxylic acids is 2. The van der Waals surface area contributed by atoms with Gasteiger partial charge in [-0.2, -0.15) is 5.26 Å². The van der Waals surface area contributed by atoms with Crippen molar-refractivity contribution in [2.24, 2.45) is 0 Å². The maximum absolute atomic E-state index is 12.4. The van der Waals surface area contributed by atoms with Crippen molar-refractivity contribution in [3.63, 3.8) is 0 Å². The molecule has 0 saturated carbocycles. The SMILES string of the molecule is CC(C)(C)OC(=O)c1cc(C#N)ccc1NC(=O)c1ccc(Cl)nc1. The molecule has 0 unspecified atom stereocenters. The van der Waals surface area contributed by atoms with Gasteiger partial charge in [0.1, 0.15) is 10.8 Å². The molecule has 0 aliphatic heterocycles. The Labute approximate surface area is 150 Å². The molecule has 128 valence electrons. The molecule has 6 nitrogen and oxygen atoms in total. The standard InChI is InChI=1S/C18H16ClN3O3/c1-18(2,3)25-17(24)13-8-11(9-20)4-6-14(13)22-16(23)12-5-7-15(19)21-10-12/h4-8,10H,1-3H3,(H,22,23). The minimum Gasteiger partial charge on any atom is -0.456 e. The first-order valence-corrected chi connectivity index (χ1v) is 7.78. The van der Waals surface area contributed by atoms with Crippen molar-refractivity contribution in [1.29, 1.82) is 5.26 Å².